The summed E-state index contributed by atoms with van der Waals surface area (Å²) in [5.41, 5.74) is 0.954. The quantitative estimate of drug-likeness (QED) is 0.828. The highest BCUT2D eigenvalue weighted by Gasteiger charge is 2.17. The highest BCUT2D eigenvalue weighted by molar-refractivity contribution is 5.31. The normalized spacial score (nSPS) is 23.1. The number of rotatable bonds is 5. The molecule has 1 saturated carbocycles. The van der Waals surface area contributed by atoms with Gasteiger partial charge in [-0.25, -0.2) is 4.98 Å². The molecule has 0 aromatic carbocycles. The van der Waals surface area contributed by atoms with Gasteiger partial charge in [-0.2, -0.15) is 4.98 Å². The van der Waals surface area contributed by atoms with Crippen molar-refractivity contribution in [2.75, 3.05) is 11.9 Å². The molecule has 20 heavy (non-hydrogen) atoms. The molecule has 1 aromatic rings. The summed E-state index contributed by atoms with van der Waals surface area (Å²) >= 11 is 0. The minimum absolute atomic E-state index is 0.501. The van der Waals surface area contributed by atoms with Gasteiger partial charge in [0.05, 0.1) is 6.61 Å². The van der Waals surface area contributed by atoms with Gasteiger partial charge in [-0.3, -0.25) is 0 Å². The first-order valence-corrected chi connectivity index (χ1v) is 7.92. The van der Waals surface area contributed by atoms with E-state index in [0.29, 0.717) is 18.5 Å². The Hall–Kier alpha value is -1.32. The Bertz CT molecular complexity index is 422. The van der Waals surface area contributed by atoms with Crippen molar-refractivity contribution in [1.82, 2.24) is 9.97 Å². The zero-order valence-corrected chi connectivity index (χ0v) is 13.0. The zero-order chi connectivity index (χ0) is 14.4. The molecule has 1 fully saturated rings. The van der Waals surface area contributed by atoms with E-state index in [-0.39, 0.29) is 0 Å². The van der Waals surface area contributed by atoms with Crippen LogP contribution in [0.2, 0.25) is 0 Å². The maximum Gasteiger partial charge on any atom is 0.226 e. The van der Waals surface area contributed by atoms with Gasteiger partial charge in [0.2, 0.25) is 11.8 Å². The predicted octanol–water partition coefficient (Wildman–Crippen LogP) is 3.95. The molecule has 0 radical (unpaired) electrons. The summed E-state index contributed by atoms with van der Waals surface area (Å²) in [6.45, 7) is 7.14. The van der Waals surface area contributed by atoms with Crippen molar-refractivity contribution in [2.45, 2.75) is 65.3 Å². The third-order valence-electron chi connectivity index (χ3n) is 3.88. The number of aryl methyl sites for hydroxylation is 1. The molecule has 0 spiro atoms. The number of anilines is 1. The molecule has 0 amide bonds. The molecule has 112 valence electrons. The summed E-state index contributed by atoms with van der Waals surface area (Å²) in [6, 6.07) is 2.40. The summed E-state index contributed by atoms with van der Waals surface area (Å²) in [4.78, 5) is 8.95. The van der Waals surface area contributed by atoms with Crippen molar-refractivity contribution >= 4 is 5.95 Å². The van der Waals surface area contributed by atoms with Gasteiger partial charge < -0.3 is 10.1 Å². The van der Waals surface area contributed by atoms with E-state index in [1.807, 2.05) is 13.0 Å². The van der Waals surface area contributed by atoms with E-state index in [2.05, 4.69) is 29.1 Å². The first-order valence-electron chi connectivity index (χ1n) is 7.92. The van der Waals surface area contributed by atoms with Crippen LogP contribution in [0.15, 0.2) is 6.07 Å². The molecule has 1 heterocycles. The van der Waals surface area contributed by atoms with Gasteiger partial charge in [0.1, 0.15) is 0 Å². The van der Waals surface area contributed by atoms with E-state index < -0.39 is 0 Å². The van der Waals surface area contributed by atoms with Crippen molar-refractivity contribution in [3.8, 4) is 5.88 Å². The van der Waals surface area contributed by atoms with Crippen LogP contribution in [0.3, 0.4) is 0 Å². The minimum Gasteiger partial charge on any atom is -0.478 e. The highest BCUT2D eigenvalue weighted by atomic mass is 16.5. The smallest absolute Gasteiger partial charge is 0.226 e. The number of hydrogen-bond donors (Lipinski definition) is 1. The number of ether oxygens (including phenoxy) is 1. The average molecular weight is 277 g/mol. The molecule has 4 nitrogen and oxygen atoms in total. The van der Waals surface area contributed by atoms with Crippen molar-refractivity contribution < 1.29 is 4.74 Å². The van der Waals surface area contributed by atoms with Gasteiger partial charge in [-0.05, 0) is 38.5 Å². The van der Waals surface area contributed by atoms with Gasteiger partial charge in [0, 0.05) is 17.8 Å². The van der Waals surface area contributed by atoms with E-state index in [1.54, 1.807) is 0 Å². The maximum absolute atomic E-state index is 5.62. The molecule has 2 atom stereocenters. The zero-order valence-electron chi connectivity index (χ0n) is 13.0. The lowest BCUT2D eigenvalue weighted by Gasteiger charge is -2.17. The lowest BCUT2D eigenvalue weighted by atomic mass is 10.0. The van der Waals surface area contributed by atoms with Gasteiger partial charge in [0.25, 0.3) is 0 Å². The third-order valence-corrected chi connectivity index (χ3v) is 3.88. The number of hydrogen-bond acceptors (Lipinski definition) is 4. The van der Waals surface area contributed by atoms with Gasteiger partial charge in [-0.1, -0.05) is 26.7 Å². The van der Waals surface area contributed by atoms with E-state index in [9.17, 15) is 0 Å². The van der Waals surface area contributed by atoms with Gasteiger partial charge in [0.15, 0.2) is 0 Å². The molecule has 0 saturated heterocycles. The highest BCUT2D eigenvalue weighted by Crippen LogP contribution is 2.24. The maximum atomic E-state index is 5.62. The van der Waals surface area contributed by atoms with Crippen LogP contribution in [0.4, 0.5) is 5.95 Å². The third kappa shape index (κ3) is 4.66. The molecule has 2 unspecified atom stereocenters. The van der Waals surface area contributed by atoms with Crippen LogP contribution in [0.25, 0.3) is 0 Å². The second-order valence-electron chi connectivity index (χ2n) is 5.97. The molecule has 0 bridgehead atoms. The Labute approximate surface area is 122 Å². The van der Waals surface area contributed by atoms with Crippen molar-refractivity contribution in [3.05, 3.63) is 11.8 Å². The molecule has 1 aliphatic rings. The summed E-state index contributed by atoms with van der Waals surface area (Å²) in [6.07, 6.45) is 7.35. The predicted molar refractivity (Wildman–Crippen MR) is 82.2 cm³/mol. The first kappa shape index (κ1) is 15.1. The van der Waals surface area contributed by atoms with Crippen LogP contribution in [-0.4, -0.2) is 22.6 Å². The number of nitrogens with one attached hydrogen (secondary N) is 1. The van der Waals surface area contributed by atoms with Crippen LogP contribution in [0.1, 0.15) is 58.1 Å². The van der Waals surface area contributed by atoms with Crippen molar-refractivity contribution in [1.29, 1.82) is 0 Å². The van der Waals surface area contributed by atoms with Gasteiger partial charge in [-0.15, -0.1) is 0 Å². The van der Waals surface area contributed by atoms with E-state index in [4.69, 9.17) is 4.74 Å². The van der Waals surface area contributed by atoms with E-state index in [1.165, 1.54) is 32.1 Å². The van der Waals surface area contributed by atoms with Crippen LogP contribution < -0.4 is 10.1 Å². The molecule has 1 N–H and O–H groups in total. The first-order chi connectivity index (χ1) is 9.67. The Kier molecular flexibility index (Phi) is 5.62. The Balaban J connectivity index is 1.98. The van der Waals surface area contributed by atoms with E-state index >= 15 is 0 Å². The van der Waals surface area contributed by atoms with Crippen molar-refractivity contribution in [2.24, 2.45) is 5.92 Å². The molecular formula is C16H27N3O. The summed E-state index contributed by atoms with van der Waals surface area (Å²) in [5.74, 6) is 2.25. The van der Waals surface area contributed by atoms with Crippen LogP contribution in [-0.2, 0) is 0 Å². The average Bonchev–Trinajstić information content (AvgIpc) is 2.61. The van der Waals surface area contributed by atoms with Crippen LogP contribution in [0, 0.1) is 12.8 Å². The van der Waals surface area contributed by atoms with E-state index in [0.717, 1.165) is 24.0 Å². The van der Waals surface area contributed by atoms with Crippen LogP contribution >= 0.6 is 0 Å². The molecule has 2 rings (SSSR count). The fraction of sp³-hybridized carbons (Fsp3) is 0.750. The Morgan fingerprint density at radius 3 is 2.90 bits per heavy atom. The summed E-state index contributed by atoms with van der Waals surface area (Å²) in [7, 11) is 0. The fourth-order valence-electron chi connectivity index (χ4n) is 2.70. The second-order valence-corrected chi connectivity index (χ2v) is 5.97. The lowest BCUT2D eigenvalue weighted by molar-refractivity contribution is 0.304. The van der Waals surface area contributed by atoms with Crippen LogP contribution in [0.5, 0.6) is 5.88 Å². The molecule has 1 aromatic heterocycles. The fourth-order valence-corrected chi connectivity index (χ4v) is 2.70. The SMILES string of the molecule is CCCOc1cc(C)nc(NC2CCCC(C)CC2)n1. The largest absolute Gasteiger partial charge is 0.478 e. The molecule has 0 aliphatic heterocycles. The molecule has 4 heteroatoms. The van der Waals surface area contributed by atoms with Crippen molar-refractivity contribution in [3.63, 3.8) is 0 Å². The summed E-state index contributed by atoms with van der Waals surface area (Å²) in [5, 5.41) is 3.50. The Morgan fingerprint density at radius 2 is 2.10 bits per heavy atom. The summed E-state index contributed by atoms with van der Waals surface area (Å²) < 4.78 is 5.62. The second kappa shape index (κ2) is 7.46. The lowest BCUT2D eigenvalue weighted by Crippen LogP contribution is -2.20. The molecule has 1 aliphatic carbocycles. The Morgan fingerprint density at radius 1 is 1.25 bits per heavy atom. The molecular weight excluding hydrogens is 250 g/mol. The monoisotopic (exact) mass is 277 g/mol. The van der Waals surface area contributed by atoms with Gasteiger partial charge >= 0.3 is 0 Å². The topological polar surface area (TPSA) is 47.0 Å². The minimum atomic E-state index is 0.501. The number of aromatic nitrogens is 2. The standard InChI is InChI=1S/C16H27N3O/c1-4-10-20-15-11-13(3)17-16(19-15)18-14-7-5-6-12(2)8-9-14/h11-12,14H,4-10H2,1-3H3,(H,17,18,19). The number of nitrogens with zero attached hydrogens (tertiary/aromatic N) is 2.